The Hall–Kier alpha value is -3.76. The monoisotopic (exact) mass is 462 g/mol. The predicted molar refractivity (Wildman–Crippen MR) is 112 cm³/mol. The predicted octanol–water partition coefficient (Wildman–Crippen LogP) is 4.86. The fourth-order valence-electron chi connectivity index (χ4n) is 3.52. The molecular formula is C22H21F3N4O4. The Morgan fingerprint density at radius 2 is 1.76 bits per heavy atom. The molecule has 1 aromatic carbocycles. The van der Waals surface area contributed by atoms with Gasteiger partial charge in [0.1, 0.15) is 18.1 Å². The lowest BCUT2D eigenvalue weighted by molar-refractivity contribution is -0.136. The van der Waals surface area contributed by atoms with E-state index in [4.69, 9.17) is 18.6 Å². The number of oxazole rings is 1. The SMILES string of the molecule is COc1ccc(-c2nc(COc3cc(C(F)(F)F)c4c(C)nn(C)c4n3)c(C)o2)cc1OC. The zero-order chi connectivity index (χ0) is 23.9. The number of aromatic nitrogens is 4. The third-order valence-corrected chi connectivity index (χ3v) is 5.13. The van der Waals surface area contributed by atoms with Gasteiger partial charge in [-0.25, -0.2) is 4.98 Å². The number of aryl methyl sites for hydroxylation is 3. The van der Waals surface area contributed by atoms with Crippen molar-refractivity contribution in [1.82, 2.24) is 19.7 Å². The van der Waals surface area contributed by atoms with Gasteiger partial charge in [-0.3, -0.25) is 4.68 Å². The molecular weight excluding hydrogens is 441 g/mol. The van der Waals surface area contributed by atoms with Gasteiger partial charge >= 0.3 is 6.18 Å². The molecule has 0 aliphatic heterocycles. The van der Waals surface area contributed by atoms with E-state index in [-0.39, 0.29) is 29.2 Å². The molecule has 0 radical (unpaired) electrons. The second-order valence-electron chi connectivity index (χ2n) is 7.29. The topological polar surface area (TPSA) is 84.4 Å². The number of hydrogen-bond donors (Lipinski definition) is 0. The number of hydrogen-bond acceptors (Lipinski definition) is 7. The lowest BCUT2D eigenvalue weighted by Crippen LogP contribution is -2.09. The molecule has 0 N–H and O–H groups in total. The highest BCUT2D eigenvalue weighted by atomic mass is 19.4. The summed E-state index contributed by atoms with van der Waals surface area (Å²) in [6, 6.07) is 6.07. The lowest BCUT2D eigenvalue weighted by Gasteiger charge is -2.11. The summed E-state index contributed by atoms with van der Waals surface area (Å²) in [6.07, 6.45) is -4.59. The van der Waals surface area contributed by atoms with Crippen molar-refractivity contribution in [3.63, 3.8) is 0 Å². The fraction of sp³-hybridized carbons (Fsp3) is 0.318. The van der Waals surface area contributed by atoms with Crippen LogP contribution in [-0.4, -0.2) is 34.0 Å². The van der Waals surface area contributed by atoms with Crippen LogP contribution in [0.3, 0.4) is 0 Å². The van der Waals surface area contributed by atoms with Gasteiger partial charge in [-0.05, 0) is 32.0 Å². The Kier molecular flexibility index (Phi) is 5.64. The van der Waals surface area contributed by atoms with Crippen LogP contribution < -0.4 is 14.2 Å². The van der Waals surface area contributed by atoms with E-state index >= 15 is 0 Å². The number of benzene rings is 1. The van der Waals surface area contributed by atoms with Gasteiger partial charge < -0.3 is 18.6 Å². The summed E-state index contributed by atoms with van der Waals surface area (Å²) in [5, 5.41) is 4.00. The van der Waals surface area contributed by atoms with Crippen LogP contribution in [0.15, 0.2) is 28.7 Å². The third-order valence-electron chi connectivity index (χ3n) is 5.13. The molecule has 11 heteroatoms. The number of rotatable bonds is 6. The molecule has 0 spiro atoms. The molecule has 174 valence electrons. The number of halogens is 3. The van der Waals surface area contributed by atoms with E-state index < -0.39 is 11.7 Å². The smallest absolute Gasteiger partial charge is 0.417 e. The van der Waals surface area contributed by atoms with E-state index in [9.17, 15) is 13.2 Å². The van der Waals surface area contributed by atoms with Crippen LogP contribution in [0.5, 0.6) is 17.4 Å². The van der Waals surface area contributed by atoms with Gasteiger partial charge in [0.2, 0.25) is 11.8 Å². The molecule has 33 heavy (non-hydrogen) atoms. The van der Waals surface area contributed by atoms with Gasteiger partial charge in [0.25, 0.3) is 0 Å². The highest BCUT2D eigenvalue weighted by Crippen LogP contribution is 2.38. The zero-order valence-corrected chi connectivity index (χ0v) is 18.6. The molecule has 8 nitrogen and oxygen atoms in total. The Bertz CT molecular complexity index is 1330. The van der Waals surface area contributed by atoms with Crippen molar-refractivity contribution in [2.45, 2.75) is 26.6 Å². The van der Waals surface area contributed by atoms with Crippen molar-refractivity contribution in [1.29, 1.82) is 0 Å². The van der Waals surface area contributed by atoms with Gasteiger partial charge in [0, 0.05) is 18.7 Å². The van der Waals surface area contributed by atoms with Gasteiger partial charge in [-0.2, -0.15) is 23.3 Å². The highest BCUT2D eigenvalue weighted by molar-refractivity contribution is 5.83. The Labute approximate surface area is 186 Å². The maximum Gasteiger partial charge on any atom is 0.417 e. The van der Waals surface area contributed by atoms with Crippen molar-refractivity contribution in [2.75, 3.05) is 14.2 Å². The van der Waals surface area contributed by atoms with E-state index in [1.54, 1.807) is 25.1 Å². The van der Waals surface area contributed by atoms with Crippen LogP contribution in [0.4, 0.5) is 13.2 Å². The van der Waals surface area contributed by atoms with Crippen molar-refractivity contribution in [3.05, 3.63) is 47.0 Å². The first-order valence-electron chi connectivity index (χ1n) is 9.85. The second-order valence-corrected chi connectivity index (χ2v) is 7.29. The van der Waals surface area contributed by atoms with Crippen LogP contribution in [-0.2, 0) is 19.8 Å². The number of methoxy groups -OCH3 is 2. The van der Waals surface area contributed by atoms with Crippen LogP contribution >= 0.6 is 0 Å². The number of nitrogens with zero attached hydrogens (tertiary/aromatic N) is 4. The van der Waals surface area contributed by atoms with Crippen molar-refractivity contribution in [2.24, 2.45) is 7.05 Å². The zero-order valence-electron chi connectivity index (χ0n) is 18.6. The maximum absolute atomic E-state index is 13.7. The molecule has 0 amide bonds. The molecule has 0 bridgehead atoms. The third kappa shape index (κ3) is 4.18. The minimum atomic E-state index is -4.59. The minimum Gasteiger partial charge on any atom is -0.493 e. The maximum atomic E-state index is 13.7. The minimum absolute atomic E-state index is 0.0503. The molecule has 3 aromatic heterocycles. The lowest BCUT2D eigenvalue weighted by atomic mass is 10.1. The summed E-state index contributed by atoms with van der Waals surface area (Å²) in [4.78, 5) is 8.64. The summed E-state index contributed by atoms with van der Waals surface area (Å²) in [6.45, 7) is 3.07. The number of fused-ring (bicyclic) bond motifs is 1. The standard InChI is InChI=1S/C22H21F3N4O4/c1-11-19-14(22(23,24)25)9-18(27-20(19)29(3)28-11)32-10-15-12(2)33-21(26-15)13-6-7-16(30-4)17(8-13)31-5/h6-9H,10H2,1-5H3. The summed E-state index contributed by atoms with van der Waals surface area (Å²) < 4.78 is 64.1. The van der Waals surface area contributed by atoms with E-state index in [0.29, 0.717) is 34.4 Å². The van der Waals surface area contributed by atoms with Crippen LogP contribution in [0.25, 0.3) is 22.5 Å². The van der Waals surface area contributed by atoms with E-state index in [0.717, 1.165) is 6.07 Å². The molecule has 0 atom stereocenters. The average Bonchev–Trinajstić information content (AvgIpc) is 3.29. The van der Waals surface area contributed by atoms with Crippen molar-refractivity contribution < 1.29 is 31.8 Å². The Morgan fingerprint density at radius 1 is 1.03 bits per heavy atom. The number of alkyl halides is 3. The summed E-state index contributed by atoms with van der Waals surface area (Å²) in [5.41, 5.74) is 0.546. The Balaban J connectivity index is 1.63. The van der Waals surface area contributed by atoms with Crippen molar-refractivity contribution >= 4 is 11.0 Å². The normalized spacial score (nSPS) is 11.8. The van der Waals surface area contributed by atoms with E-state index in [1.807, 2.05) is 0 Å². The largest absolute Gasteiger partial charge is 0.493 e. The van der Waals surface area contributed by atoms with Crippen LogP contribution in [0.2, 0.25) is 0 Å². The molecule has 0 unspecified atom stereocenters. The molecule has 0 saturated carbocycles. The Morgan fingerprint density at radius 3 is 2.42 bits per heavy atom. The molecule has 0 saturated heterocycles. The summed E-state index contributed by atoms with van der Waals surface area (Å²) in [7, 11) is 4.58. The molecule has 0 aliphatic rings. The van der Waals surface area contributed by atoms with Crippen molar-refractivity contribution in [3.8, 4) is 28.8 Å². The summed E-state index contributed by atoms with van der Waals surface area (Å²) >= 11 is 0. The molecule has 4 aromatic rings. The van der Waals surface area contributed by atoms with Crippen LogP contribution in [0, 0.1) is 13.8 Å². The van der Waals surface area contributed by atoms with Gasteiger partial charge in [0.15, 0.2) is 17.1 Å². The molecule has 0 aliphatic carbocycles. The highest BCUT2D eigenvalue weighted by Gasteiger charge is 2.35. The van der Waals surface area contributed by atoms with E-state index in [1.165, 1.54) is 32.9 Å². The second kappa shape index (κ2) is 8.30. The van der Waals surface area contributed by atoms with Gasteiger partial charge in [0.05, 0.1) is 30.9 Å². The van der Waals surface area contributed by atoms with E-state index in [2.05, 4.69) is 15.1 Å². The number of ether oxygens (including phenoxy) is 3. The van der Waals surface area contributed by atoms with Gasteiger partial charge in [-0.15, -0.1) is 0 Å². The fourth-order valence-corrected chi connectivity index (χ4v) is 3.52. The molecule has 4 rings (SSSR count). The first kappa shape index (κ1) is 22.4. The molecule has 0 fully saturated rings. The first-order valence-corrected chi connectivity index (χ1v) is 9.85. The van der Waals surface area contributed by atoms with Crippen LogP contribution in [0.1, 0.15) is 22.7 Å². The summed E-state index contributed by atoms with van der Waals surface area (Å²) in [5.74, 6) is 1.66. The quantitative estimate of drug-likeness (QED) is 0.405. The average molecular weight is 462 g/mol. The number of pyridine rings is 1. The first-order chi connectivity index (χ1) is 15.6. The van der Waals surface area contributed by atoms with Gasteiger partial charge in [-0.1, -0.05) is 0 Å². The molecule has 3 heterocycles.